The Bertz CT molecular complexity index is 627. The standard InChI is InChI=1S/C15H20N2O3/c1-2-3-4-7-10-16-14(18)11-17-12-8-5-6-9-13(12)20-15(17)19/h5-6,8-9H,2-4,7,10-11H2,1H3,(H,16,18). The number of para-hydroxylation sites is 2. The van der Waals surface area contributed by atoms with Gasteiger partial charge in [0.15, 0.2) is 5.58 Å². The monoisotopic (exact) mass is 276 g/mol. The van der Waals surface area contributed by atoms with Crippen molar-refractivity contribution in [1.82, 2.24) is 9.88 Å². The molecule has 5 heteroatoms. The van der Waals surface area contributed by atoms with Gasteiger partial charge in [0.05, 0.1) is 5.52 Å². The van der Waals surface area contributed by atoms with E-state index in [0.717, 1.165) is 12.8 Å². The van der Waals surface area contributed by atoms with Crippen LogP contribution in [0.1, 0.15) is 32.6 Å². The van der Waals surface area contributed by atoms with Crippen LogP contribution in [-0.4, -0.2) is 17.0 Å². The zero-order valence-corrected chi connectivity index (χ0v) is 11.7. The summed E-state index contributed by atoms with van der Waals surface area (Å²) < 4.78 is 6.44. The number of nitrogens with one attached hydrogen (secondary N) is 1. The summed E-state index contributed by atoms with van der Waals surface area (Å²) in [5.74, 6) is -0.650. The van der Waals surface area contributed by atoms with E-state index in [1.165, 1.54) is 17.4 Å². The number of hydrogen-bond acceptors (Lipinski definition) is 3. The number of hydrogen-bond donors (Lipinski definition) is 1. The van der Waals surface area contributed by atoms with Crippen molar-refractivity contribution >= 4 is 17.0 Å². The molecule has 0 aliphatic heterocycles. The van der Waals surface area contributed by atoms with E-state index in [9.17, 15) is 9.59 Å². The number of oxazole rings is 1. The molecule has 0 bridgehead atoms. The van der Waals surface area contributed by atoms with Gasteiger partial charge >= 0.3 is 5.76 Å². The first-order valence-corrected chi connectivity index (χ1v) is 7.07. The van der Waals surface area contributed by atoms with E-state index in [0.29, 0.717) is 17.6 Å². The molecule has 2 aromatic rings. The lowest BCUT2D eigenvalue weighted by Crippen LogP contribution is -2.31. The van der Waals surface area contributed by atoms with Gasteiger partial charge in [-0.2, -0.15) is 0 Å². The minimum absolute atomic E-state index is 0.00360. The highest BCUT2D eigenvalue weighted by molar-refractivity contribution is 5.79. The minimum atomic E-state index is -0.493. The summed E-state index contributed by atoms with van der Waals surface area (Å²) >= 11 is 0. The van der Waals surface area contributed by atoms with Crippen molar-refractivity contribution in [1.29, 1.82) is 0 Å². The maximum absolute atomic E-state index is 11.8. The fourth-order valence-corrected chi connectivity index (χ4v) is 2.14. The van der Waals surface area contributed by atoms with Crippen LogP contribution in [0.5, 0.6) is 0 Å². The second-order valence-corrected chi connectivity index (χ2v) is 4.83. The van der Waals surface area contributed by atoms with Crippen LogP contribution in [0.25, 0.3) is 11.1 Å². The van der Waals surface area contributed by atoms with E-state index in [1.807, 2.05) is 6.07 Å². The van der Waals surface area contributed by atoms with Crippen molar-refractivity contribution in [3.05, 3.63) is 34.8 Å². The van der Waals surface area contributed by atoms with Crippen LogP contribution >= 0.6 is 0 Å². The summed E-state index contributed by atoms with van der Waals surface area (Å²) in [7, 11) is 0. The molecule has 5 nitrogen and oxygen atoms in total. The molecule has 1 heterocycles. The van der Waals surface area contributed by atoms with Crippen molar-refractivity contribution < 1.29 is 9.21 Å². The van der Waals surface area contributed by atoms with E-state index in [4.69, 9.17) is 4.42 Å². The highest BCUT2D eigenvalue weighted by atomic mass is 16.4. The maximum atomic E-state index is 11.8. The van der Waals surface area contributed by atoms with E-state index >= 15 is 0 Å². The first-order chi connectivity index (χ1) is 9.72. The van der Waals surface area contributed by atoms with Gasteiger partial charge in [-0.25, -0.2) is 4.79 Å². The maximum Gasteiger partial charge on any atom is 0.420 e. The normalized spacial score (nSPS) is 10.8. The molecular weight excluding hydrogens is 256 g/mol. The molecule has 0 radical (unpaired) electrons. The fraction of sp³-hybridized carbons (Fsp3) is 0.467. The number of nitrogens with zero attached hydrogens (tertiary/aromatic N) is 1. The number of rotatable bonds is 7. The molecule has 0 aliphatic rings. The summed E-state index contributed by atoms with van der Waals surface area (Å²) in [5.41, 5.74) is 1.16. The highest BCUT2D eigenvalue weighted by Crippen LogP contribution is 2.11. The Morgan fingerprint density at radius 1 is 1.25 bits per heavy atom. The molecule has 0 atom stereocenters. The van der Waals surface area contributed by atoms with Crippen molar-refractivity contribution in [2.45, 2.75) is 39.2 Å². The van der Waals surface area contributed by atoms with Gasteiger partial charge in [0.25, 0.3) is 0 Å². The zero-order chi connectivity index (χ0) is 14.4. The molecule has 108 valence electrons. The van der Waals surface area contributed by atoms with E-state index in [1.54, 1.807) is 18.2 Å². The van der Waals surface area contributed by atoms with Crippen molar-refractivity contribution in [3.8, 4) is 0 Å². The quantitative estimate of drug-likeness (QED) is 0.789. The predicted molar refractivity (Wildman–Crippen MR) is 77.6 cm³/mol. The molecule has 0 spiro atoms. The number of carbonyl (C=O) groups is 1. The van der Waals surface area contributed by atoms with Crippen LogP contribution in [-0.2, 0) is 11.3 Å². The van der Waals surface area contributed by atoms with Gasteiger partial charge in [-0.3, -0.25) is 9.36 Å². The number of carbonyl (C=O) groups excluding carboxylic acids is 1. The van der Waals surface area contributed by atoms with E-state index in [-0.39, 0.29) is 12.5 Å². The average molecular weight is 276 g/mol. The van der Waals surface area contributed by atoms with Crippen LogP contribution in [0.2, 0.25) is 0 Å². The molecule has 20 heavy (non-hydrogen) atoms. The number of unbranched alkanes of at least 4 members (excludes halogenated alkanes) is 3. The Labute approximate surface area is 117 Å². The highest BCUT2D eigenvalue weighted by Gasteiger charge is 2.11. The molecule has 0 aliphatic carbocycles. The average Bonchev–Trinajstić information content (AvgIpc) is 2.75. The molecule has 1 aromatic heterocycles. The Balaban J connectivity index is 1.93. The predicted octanol–water partition coefficient (Wildman–Crippen LogP) is 2.29. The van der Waals surface area contributed by atoms with Crippen molar-refractivity contribution in [2.24, 2.45) is 0 Å². The van der Waals surface area contributed by atoms with Crippen LogP contribution in [0.4, 0.5) is 0 Å². The van der Waals surface area contributed by atoms with Crippen molar-refractivity contribution in [3.63, 3.8) is 0 Å². The molecule has 0 unspecified atom stereocenters. The number of benzene rings is 1. The number of aromatic nitrogens is 1. The largest absolute Gasteiger partial charge is 0.420 e. The SMILES string of the molecule is CCCCCCNC(=O)Cn1c(=O)oc2ccccc21. The van der Waals surface area contributed by atoms with Crippen LogP contribution in [0, 0.1) is 0 Å². The molecule has 1 amide bonds. The Morgan fingerprint density at radius 3 is 2.85 bits per heavy atom. The molecular formula is C15H20N2O3. The smallest absolute Gasteiger partial charge is 0.408 e. The van der Waals surface area contributed by atoms with Gasteiger partial charge in [-0.1, -0.05) is 38.3 Å². The van der Waals surface area contributed by atoms with Gasteiger partial charge in [-0.05, 0) is 18.6 Å². The van der Waals surface area contributed by atoms with Gasteiger partial charge in [-0.15, -0.1) is 0 Å². The lowest BCUT2D eigenvalue weighted by Gasteiger charge is -2.05. The summed E-state index contributed by atoms with van der Waals surface area (Å²) in [6.45, 7) is 2.81. The molecule has 1 aromatic carbocycles. The Morgan fingerprint density at radius 2 is 2.05 bits per heavy atom. The molecule has 0 fully saturated rings. The first-order valence-electron chi connectivity index (χ1n) is 7.07. The minimum Gasteiger partial charge on any atom is -0.408 e. The van der Waals surface area contributed by atoms with Crippen LogP contribution in [0.3, 0.4) is 0 Å². The second kappa shape index (κ2) is 6.93. The third-order valence-corrected chi connectivity index (χ3v) is 3.23. The number of fused-ring (bicyclic) bond motifs is 1. The molecule has 0 saturated heterocycles. The second-order valence-electron chi connectivity index (χ2n) is 4.83. The van der Waals surface area contributed by atoms with Crippen molar-refractivity contribution in [2.75, 3.05) is 6.54 Å². The van der Waals surface area contributed by atoms with Gasteiger partial charge in [0.2, 0.25) is 5.91 Å². The third-order valence-electron chi connectivity index (χ3n) is 3.23. The zero-order valence-electron chi connectivity index (χ0n) is 11.7. The lowest BCUT2D eigenvalue weighted by atomic mass is 10.2. The summed E-state index contributed by atoms with van der Waals surface area (Å²) in [4.78, 5) is 23.5. The fourth-order valence-electron chi connectivity index (χ4n) is 2.14. The van der Waals surface area contributed by atoms with E-state index in [2.05, 4.69) is 12.2 Å². The topological polar surface area (TPSA) is 64.2 Å². The summed E-state index contributed by atoms with van der Waals surface area (Å²) in [5, 5.41) is 2.83. The van der Waals surface area contributed by atoms with E-state index < -0.39 is 5.76 Å². The Hall–Kier alpha value is -2.04. The molecule has 1 N–H and O–H groups in total. The van der Waals surface area contributed by atoms with Crippen LogP contribution in [0.15, 0.2) is 33.5 Å². The first kappa shape index (κ1) is 14.4. The number of amides is 1. The van der Waals surface area contributed by atoms with Gasteiger partial charge < -0.3 is 9.73 Å². The molecule has 2 rings (SSSR count). The lowest BCUT2D eigenvalue weighted by molar-refractivity contribution is -0.121. The summed E-state index contributed by atoms with van der Waals surface area (Å²) in [6, 6.07) is 7.10. The summed E-state index contributed by atoms with van der Waals surface area (Å²) in [6.07, 6.45) is 4.44. The third kappa shape index (κ3) is 3.50. The van der Waals surface area contributed by atoms with Gasteiger partial charge in [0.1, 0.15) is 6.54 Å². The molecule has 0 saturated carbocycles. The van der Waals surface area contributed by atoms with Gasteiger partial charge in [0, 0.05) is 6.54 Å². The Kier molecular flexibility index (Phi) is 4.98. The van der Waals surface area contributed by atoms with Crippen LogP contribution < -0.4 is 11.1 Å².